The van der Waals surface area contributed by atoms with Crippen molar-refractivity contribution >= 4 is 5.71 Å². The summed E-state index contributed by atoms with van der Waals surface area (Å²) in [5.41, 5.74) is 2.88. The molecule has 0 N–H and O–H groups in total. The summed E-state index contributed by atoms with van der Waals surface area (Å²) in [5.74, 6) is -0.468. The van der Waals surface area contributed by atoms with E-state index in [4.69, 9.17) is 0 Å². The maximum absolute atomic E-state index is 14.4. The average molecular weight is 339 g/mol. The molecular formula is C19H15F2N3O. The molecule has 0 bridgehead atoms. The number of rotatable bonds is 1. The summed E-state index contributed by atoms with van der Waals surface area (Å²) in [4.78, 5) is 4.45. The van der Waals surface area contributed by atoms with E-state index >= 15 is 0 Å². The number of fused-ring (bicyclic) bond motifs is 3. The molecule has 4 nitrogen and oxygen atoms in total. The lowest BCUT2D eigenvalue weighted by Crippen LogP contribution is -2.19. The van der Waals surface area contributed by atoms with Gasteiger partial charge in [-0.25, -0.2) is 13.8 Å². The van der Waals surface area contributed by atoms with Crippen LogP contribution in [0.15, 0.2) is 42.5 Å². The van der Waals surface area contributed by atoms with Crippen molar-refractivity contribution in [2.24, 2.45) is 0 Å². The van der Waals surface area contributed by atoms with Gasteiger partial charge in [-0.15, -0.1) is 0 Å². The van der Waals surface area contributed by atoms with Crippen LogP contribution in [0.1, 0.15) is 28.3 Å². The molecule has 0 fully saturated rings. The topological polar surface area (TPSA) is 43.9 Å². The fourth-order valence-electron chi connectivity index (χ4n) is 3.27. The molecule has 4 rings (SSSR count). The summed E-state index contributed by atoms with van der Waals surface area (Å²) in [6.45, 7) is 3.70. The second kappa shape index (κ2) is 5.51. The predicted octanol–water partition coefficient (Wildman–Crippen LogP) is 3.63. The van der Waals surface area contributed by atoms with Gasteiger partial charge < -0.3 is 5.21 Å². The zero-order chi connectivity index (χ0) is 17.7. The van der Waals surface area contributed by atoms with E-state index in [1.165, 1.54) is 24.3 Å². The number of imidazole rings is 1. The Bertz CT molecular complexity index is 1040. The molecule has 1 aliphatic heterocycles. The van der Waals surface area contributed by atoms with Gasteiger partial charge in [0.15, 0.2) is 5.82 Å². The van der Waals surface area contributed by atoms with Crippen molar-refractivity contribution in [2.75, 3.05) is 0 Å². The molecule has 126 valence electrons. The van der Waals surface area contributed by atoms with E-state index in [1.807, 2.05) is 18.4 Å². The van der Waals surface area contributed by atoms with Crippen molar-refractivity contribution in [1.29, 1.82) is 0 Å². The summed E-state index contributed by atoms with van der Waals surface area (Å²) in [7, 11) is 0. The maximum atomic E-state index is 14.4. The Morgan fingerprint density at radius 1 is 1.08 bits per heavy atom. The highest BCUT2D eigenvalue weighted by Crippen LogP contribution is 2.28. The van der Waals surface area contributed by atoms with Crippen molar-refractivity contribution in [3.63, 3.8) is 0 Å². The van der Waals surface area contributed by atoms with Gasteiger partial charge in [-0.2, -0.15) is 4.74 Å². The van der Waals surface area contributed by atoms with Crippen LogP contribution in [0, 0.1) is 30.7 Å². The second-order valence-corrected chi connectivity index (χ2v) is 6.06. The Hall–Kier alpha value is -3.02. The first kappa shape index (κ1) is 15.5. The van der Waals surface area contributed by atoms with Crippen LogP contribution >= 0.6 is 0 Å². The van der Waals surface area contributed by atoms with Crippen LogP contribution in [0.25, 0.3) is 5.69 Å². The average Bonchev–Trinajstić information content (AvgIpc) is 2.78. The minimum absolute atomic E-state index is 0.0470. The fourth-order valence-corrected chi connectivity index (χ4v) is 3.27. The number of benzene rings is 2. The number of halogens is 2. The van der Waals surface area contributed by atoms with E-state index in [2.05, 4.69) is 4.98 Å². The number of aryl methyl sites for hydroxylation is 1. The summed E-state index contributed by atoms with van der Waals surface area (Å²) in [6.07, 6.45) is 0. The molecule has 0 aliphatic carbocycles. The number of aromatic nitrogens is 2. The zero-order valence-corrected chi connectivity index (χ0v) is 13.8. The minimum Gasteiger partial charge on any atom is -0.623 e. The summed E-state index contributed by atoms with van der Waals surface area (Å²) in [5, 5.41) is 12.9. The van der Waals surface area contributed by atoms with Crippen LogP contribution in [-0.4, -0.2) is 20.0 Å². The number of hydrogen-bond donors (Lipinski definition) is 0. The van der Waals surface area contributed by atoms with Crippen LogP contribution in [0.2, 0.25) is 0 Å². The van der Waals surface area contributed by atoms with Gasteiger partial charge in [-0.3, -0.25) is 4.57 Å². The zero-order valence-electron chi connectivity index (χ0n) is 13.8. The van der Waals surface area contributed by atoms with Gasteiger partial charge in [0.05, 0.1) is 22.5 Å². The van der Waals surface area contributed by atoms with Crippen molar-refractivity contribution in [3.8, 4) is 5.69 Å². The highest BCUT2D eigenvalue weighted by molar-refractivity contribution is 6.12. The lowest BCUT2D eigenvalue weighted by atomic mass is 9.99. The molecule has 3 aromatic rings. The van der Waals surface area contributed by atoms with Crippen LogP contribution < -0.4 is 0 Å². The predicted molar refractivity (Wildman–Crippen MR) is 89.9 cm³/mol. The van der Waals surface area contributed by atoms with Gasteiger partial charge in [0, 0.05) is 5.69 Å². The standard InChI is InChI=1S/C19H15F2N3O/c1-11-12(2)24-17-8-7-13(20)9-15(17)19(23(25)10-18(24)22-11)14-5-3-4-6-16(14)21/h3-9H,10H2,1-2H3. The highest BCUT2D eigenvalue weighted by Gasteiger charge is 2.30. The SMILES string of the molecule is Cc1nc2n(c1C)-c1ccc(F)cc1C(c1ccccc1F)=[N+]([O-])C2. The lowest BCUT2D eigenvalue weighted by molar-refractivity contribution is -0.475. The van der Waals surface area contributed by atoms with E-state index < -0.39 is 11.6 Å². The number of hydroxylamine groups is 1. The second-order valence-electron chi connectivity index (χ2n) is 6.06. The number of hydrogen-bond acceptors (Lipinski definition) is 2. The smallest absolute Gasteiger partial charge is 0.231 e. The van der Waals surface area contributed by atoms with Crippen molar-refractivity contribution in [1.82, 2.24) is 9.55 Å². The van der Waals surface area contributed by atoms with E-state index in [1.54, 1.807) is 18.2 Å². The largest absolute Gasteiger partial charge is 0.623 e. The third kappa shape index (κ3) is 2.33. The first-order valence-electron chi connectivity index (χ1n) is 7.89. The molecular weight excluding hydrogens is 324 g/mol. The Labute approximate surface area is 143 Å². The van der Waals surface area contributed by atoms with Crippen LogP contribution in [0.3, 0.4) is 0 Å². The van der Waals surface area contributed by atoms with Crippen LogP contribution in [0.5, 0.6) is 0 Å². The summed E-state index contributed by atoms with van der Waals surface area (Å²) < 4.78 is 30.9. The normalized spacial score (nSPS) is 13.4. The molecule has 0 radical (unpaired) electrons. The van der Waals surface area contributed by atoms with Crippen molar-refractivity contribution < 1.29 is 13.5 Å². The number of nitrogens with zero attached hydrogens (tertiary/aromatic N) is 3. The Morgan fingerprint density at radius 3 is 2.60 bits per heavy atom. The van der Waals surface area contributed by atoms with Gasteiger partial charge in [0.1, 0.15) is 11.6 Å². The molecule has 1 aromatic heterocycles. The fraction of sp³-hybridized carbons (Fsp3) is 0.158. The lowest BCUT2D eigenvalue weighted by Gasteiger charge is -2.12. The molecule has 0 unspecified atom stereocenters. The Balaban J connectivity index is 2.10. The van der Waals surface area contributed by atoms with Crippen molar-refractivity contribution in [2.45, 2.75) is 20.4 Å². The first-order chi connectivity index (χ1) is 12.0. The van der Waals surface area contributed by atoms with Gasteiger partial charge in [-0.1, -0.05) is 12.1 Å². The monoisotopic (exact) mass is 339 g/mol. The molecule has 0 saturated carbocycles. The van der Waals surface area contributed by atoms with E-state index in [0.717, 1.165) is 11.4 Å². The molecule has 0 amide bonds. The molecule has 0 saturated heterocycles. The molecule has 2 aromatic carbocycles. The Morgan fingerprint density at radius 2 is 1.84 bits per heavy atom. The minimum atomic E-state index is -0.527. The van der Waals surface area contributed by atoms with Gasteiger partial charge in [-0.05, 0) is 44.2 Å². The summed E-state index contributed by atoms with van der Waals surface area (Å²) >= 11 is 0. The van der Waals surface area contributed by atoms with E-state index in [9.17, 15) is 14.0 Å². The van der Waals surface area contributed by atoms with Crippen LogP contribution in [-0.2, 0) is 6.54 Å². The molecule has 0 spiro atoms. The van der Waals surface area contributed by atoms with Gasteiger partial charge in [0.2, 0.25) is 12.3 Å². The molecule has 0 atom stereocenters. The van der Waals surface area contributed by atoms with E-state index in [-0.39, 0.29) is 17.8 Å². The molecule has 2 heterocycles. The van der Waals surface area contributed by atoms with Gasteiger partial charge >= 0.3 is 0 Å². The quantitative estimate of drug-likeness (QED) is 0.502. The Kier molecular flexibility index (Phi) is 3.42. The third-order valence-electron chi connectivity index (χ3n) is 4.53. The summed E-state index contributed by atoms with van der Waals surface area (Å²) in [6, 6.07) is 10.2. The third-order valence-corrected chi connectivity index (χ3v) is 4.53. The maximum Gasteiger partial charge on any atom is 0.231 e. The first-order valence-corrected chi connectivity index (χ1v) is 7.89. The van der Waals surface area contributed by atoms with Crippen LogP contribution in [0.4, 0.5) is 8.78 Å². The highest BCUT2D eigenvalue weighted by atomic mass is 19.1. The van der Waals surface area contributed by atoms with Gasteiger partial charge in [0.25, 0.3) is 0 Å². The molecule has 25 heavy (non-hydrogen) atoms. The van der Waals surface area contributed by atoms with Crippen molar-refractivity contribution in [3.05, 3.63) is 87.6 Å². The molecule has 1 aliphatic rings. The van der Waals surface area contributed by atoms with E-state index in [0.29, 0.717) is 21.8 Å². The molecule has 6 heteroatoms.